The highest BCUT2D eigenvalue weighted by Gasteiger charge is 2.26. The largest absolute Gasteiger partial charge is 0.486 e. The Morgan fingerprint density at radius 2 is 1.61 bits per heavy atom. The average Bonchev–Trinajstić information content (AvgIpc) is 2.77. The van der Waals surface area contributed by atoms with Crippen molar-refractivity contribution in [2.45, 2.75) is 33.0 Å². The topological polar surface area (TPSA) is 94.1 Å². The van der Waals surface area contributed by atoms with E-state index in [0.717, 1.165) is 5.56 Å². The number of nitrogens with zero attached hydrogens (tertiary/aromatic N) is 4. The van der Waals surface area contributed by atoms with Crippen molar-refractivity contribution >= 4 is 18.0 Å². The summed E-state index contributed by atoms with van der Waals surface area (Å²) in [5.74, 6) is 0.773. The summed E-state index contributed by atoms with van der Waals surface area (Å²) in [6.07, 6.45) is 2.97. The van der Waals surface area contributed by atoms with Crippen LogP contribution in [0.5, 0.6) is 5.75 Å². The molecule has 0 aliphatic carbocycles. The molecule has 31 heavy (non-hydrogen) atoms. The van der Waals surface area contributed by atoms with Crippen LogP contribution < -0.4 is 9.64 Å². The molecule has 1 aromatic carbocycles. The maximum atomic E-state index is 12.2. The minimum atomic E-state index is -0.503. The van der Waals surface area contributed by atoms with E-state index in [9.17, 15) is 9.59 Å². The lowest BCUT2D eigenvalue weighted by Crippen LogP contribution is -2.50. The molecular weight excluding hydrogens is 400 g/mol. The van der Waals surface area contributed by atoms with Gasteiger partial charge in [-0.1, -0.05) is 12.1 Å². The van der Waals surface area contributed by atoms with Crippen LogP contribution in [0.25, 0.3) is 0 Å². The standard InChI is InChI=1S/C22H28N4O5/c1-22(2,3)31-21(28)26-11-9-25(10-12-26)20-23-13-18(14-24-20)30-15-16-5-7-17(8-6-16)19(27)29-4/h5-8,13-14H,9-12,15H2,1-4H3. The number of carbonyl (C=O) groups is 2. The second-order valence-corrected chi connectivity index (χ2v) is 8.15. The molecule has 1 fully saturated rings. The molecule has 9 heteroatoms. The maximum absolute atomic E-state index is 12.2. The number of carbonyl (C=O) groups excluding carboxylic acids is 2. The Hall–Kier alpha value is -3.36. The third kappa shape index (κ3) is 6.31. The van der Waals surface area contributed by atoms with E-state index in [1.54, 1.807) is 29.4 Å². The number of methoxy groups -OCH3 is 1. The number of piperazine rings is 1. The lowest BCUT2D eigenvalue weighted by atomic mass is 10.1. The van der Waals surface area contributed by atoms with Gasteiger partial charge in [-0.2, -0.15) is 0 Å². The van der Waals surface area contributed by atoms with E-state index in [0.29, 0.717) is 50.0 Å². The zero-order chi connectivity index (χ0) is 22.4. The van der Waals surface area contributed by atoms with Crippen molar-refractivity contribution in [3.8, 4) is 5.75 Å². The Balaban J connectivity index is 1.48. The Morgan fingerprint density at radius 1 is 1.00 bits per heavy atom. The smallest absolute Gasteiger partial charge is 0.410 e. The average molecular weight is 428 g/mol. The Kier molecular flexibility index (Phi) is 6.94. The molecule has 0 saturated carbocycles. The number of amides is 1. The molecule has 1 saturated heterocycles. The molecule has 0 unspecified atom stereocenters. The van der Waals surface area contributed by atoms with Gasteiger partial charge in [0.05, 0.1) is 25.1 Å². The van der Waals surface area contributed by atoms with Gasteiger partial charge in [-0.25, -0.2) is 19.6 Å². The van der Waals surface area contributed by atoms with E-state index in [4.69, 9.17) is 9.47 Å². The highest BCUT2D eigenvalue weighted by atomic mass is 16.6. The van der Waals surface area contributed by atoms with Gasteiger partial charge >= 0.3 is 12.1 Å². The number of anilines is 1. The lowest BCUT2D eigenvalue weighted by molar-refractivity contribution is 0.0240. The van der Waals surface area contributed by atoms with E-state index in [1.165, 1.54) is 7.11 Å². The fourth-order valence-electron chi connectivity index (χ4n) is 2.98. The third-order valence-corrected chi connectivity index (χ3v) is 4.61. The molecule has 2 aromatic rings. The number of aromatic nitrogens is 2. The van der Waals surface area contributed by atoms with Crippen LogP contribution in [0.2, 0.25) is 0 Å². The number of benzene rings is 1. The number of rotatable bonds is 5. The van der Waals surface area contributed by atoms with Crippen LogP contribution in [0.4, 0.5) is 10.7 Å². The quantitative estimate of drug-likeness (QED) is 0.671. The van der Waals surface area contributed by atoms with Crippen LogP contribution in [0.1, 0.15) is 36.7 Å². The molecule has 166 valence electrons. The van der Waals surface area contributed by atoms with Crippen molar-refractivity contribution in [2.24, 2.45) is 0 Å². The van der Waals surface area contributed by atoms with Crippen LogP contribution in [-0.4, -0.2) is 65.8 Å². The van der Waals surface area contributed by atoms with Gasteiger partial charge in [0.25, 0.3) is 0 Å². The molecule has 1 aliphatic rings. The van der Waals surface area contributed by atoms with Crippen LogP contribution in [0, 0.1) is 0 Å². The fourth-order valence-corrected chi connectivity index (χ4v) is 2.98. The molecule has 9 nitrogen and oxygen atoms in total. The second-order valence-electron chi connectivity index (χ2n) is 8.15. The van der Waals surface area contributed by atoms with Crippen LogP contribution in [0.15, 0.2) is 36.7 Å². The summed E-state index contributed by atoms with van der Waals surface area (Å²) in [6.45, 7) is 8.27. The fraction of sp³-hybridized carbons (Fsp3) is 0.455. The number of hydrogen-bond acceptors (Lipinski definition) is 8. The van der Waals surface area contributed by atoms with Crippen molar-refractivity contribution in [3.05, 3.63) is 47.8 Å². The highest BCUT2D eigenvalue weighted by Crippen LogP contribution is 2.17. The first-order valence-electron chi connectivity index (χ1n) is 10.1. The lowest BCUT2D eigenvalue weighted by Gasteiger charge is -2.35. The number of esters is 1. The van der Waals surface area contributed by atoms with E-state index in [-0.39, 0.29) is 12.1 Å². The van der Waals surface area contributed by atoms with Crippen molar-refractivity contribution in [1.29, 1.82) is 0 Å². The normalized spacial score (nSPS) is 14.2. The molecule has 1 amide bonds. The molecule has 0 atom stereocenters. The van der Waals surface area contributed by atoms with Gasteiger partial charge in [0.1, 0.15) is 12.2 Å². The number of ether oxygens (including phenoxy) is 3. The van der Waals surface area contributed by atoms with Crippen LogP contribution >= 0.6 is 0 Å². The van der Waals surface area contributed by atoms with Crippen molar-refractivity contribution in [3.63, 3.8) is 0 Å². The van der Waals surface area contributed by atoms with E-state index in [1.807, 2.05) is 37.8 Å². The maximum Gasteiger partial charge on any atom is 0.410 e. The molecule has 0 spiro atoms. The van der Waals surface area contributed by atoms with Gasteiger partial charge in [0.15, 0.2) is 5.75 Å². The summed E-state index contributed by atoms with van der Waals surface area (Å²) in [5.41, 5.74) is 0.900. The molecule has 3 rings (SSSR count). The van der Waals surface area contributed by atoms with E-state index < -0.39 is 5.60 Å². The molecule has 0 radical (unpaired) electrons. The first-order valence-corrected chi connectivity index (χ1v) is 10.1. The van der Waals surface area contributed by atoms with Crippen molar-refractivity contribution in [2.75, 3.05) is 38.2 Å². The summed E-state index contributed by atoms with van der Waals surface area (Å²) in [6, 6.07) is 7.01. The van der Waals surface area contributed by atoms with Gasteiger partial charge in [-0.3, -0.25) is 0 Å². The monoisotopic (exact) mass is 428 g/mol. The summed E-state index contributed by atoms with van der Waals surface area (Å²) in [4.78, 5) is 36.1. The predicted octanol–water partition coefficient (Wildman–Crippen LogP) is 2.90. The molecular formula is C22H28N4O5. The zero-order valence-electron chi connectivity index (χ0n) is 18.3. The van der Waals surface area contributed by atoms with E-state index >= 15 is 0 Å². The molecule has 1 aliphatic heterocycles. The predicted molar refractivity (Wildman–Crippen MR) is 114 cm³/mol. The van der Waals surface area contributed by atoms with Gasteiger partial charge in [-0.05, 0) is 38.5 Å². The van der Waals surface area contributed by atoms with Gasteiger partial charge in [-0.15, -0.1) is 0 Å². The second kappa shape index (κ2) is 9.63. The third-order valence-electron chi connectivity index (χ3n) is 4.61. The van der Waals surface area contributed by atoms with E-state index in [2.05, 4.69) is 14.7 Å². The minimum Gasteiger partial charge on any atom is -0.486 e. The molecule has 2 heterocycles. The summed E-state index contributed by atoms with van der Waals surface area (Å²) >= 11 is 0. The van der Waals surface area contributed by atoms with Crippen molar-refractivity contribution < 1.29 is 23.8 Å². The first kappa shape index (κ1) is 22.3. The Labute approximate surface area is 181 Å². The minimum absolute atomic E-state index is 0.295. The summed E-state index contributed by atoms with van der Waals surface area (Å²) in [5, 5.41) is 0. The van der Waals surface area contributed by atoms with Crippen LogP contribution in [0.3, 0.4) is 0 Å². The Bertz CT molecular complexity index is 886. The molecule has 0 bridgehead atoms. The van der Waals surface area contributed by atoms with Crippen LogP contribution in [-0.2, 0) is 16.1 Å². The zero-order valence-corrected chi connectivity index (χ0v) is 18.3. The highest BCUT2D eigenvalue weighted by molar-refractivity contribution is 5.89. The molecule has 0 N–H and O–H groups in total. The van der Waals surface area contributed by atoms with Gasteiger partial charge in [0.2, 0.25) is 5.95 Å². The van der Waals surface area contributed by atoms with Crippen molar-refractivity contribution in [1.82, 2.24) is 14.9 Å². The Morgan fingerprint density at radius 3 is 2.16 bits per heavy atom. The van der Waals surface area contributed by atoms with Gasteiger partial charge in [0, 0.05) is 26.2 Å². The first-order chi connectivity index (χ1) is 14.7. The summed E-state index contributed by atoms with van der Waals surface area (Å²) in [7, 11) is 1.35. The van der Waals surface area contributed by atoms with Gasteiger partial charge < -0.3 is 24.0 Å². The SMILES string of the molecule is COC(=O)c1ccc(COc2cnc(N3CCN(C(=O)OC(C)(C)C)CC3)nc2)cc1. The molecule has 1 aromatic heterocycles. The number of hydrogen-bond donors (Lipinski definition) is 0. The summed E-state index contributed by atoms with van der Waals surface area (Å²) < 4.78 is 15.8.